The predicted octanol–water partition coefficient (Wildman–Crippen LogP) is 2.67. The third kappa shape index (κ3) is 6.15. The largest absolute Gasteiger partial charge is 0.298 e. The van der Waals surface area contributed by atoms with Crippen LogP contribution in [0, 0.1) is 10.1 Å². The first-order valence-corrected chi connectivity index (χ1v) is 4.42. The fraction of sp³-hybridized carbons (Fsp3) is 0.182. The van der Waals surface area contributed by atoms with Crippen molar-refractivity contribution in [3.8, 4) is 0 Å². The van der Waals surface area contributed by atoms with Crippen molar-refractivity contribution in [2.45, 2.75) is 13.8 Å². The highest BCUT2D eigenvalue weighted by atomic mass is 16.6. The molecule has 0 fully saturated rings. The monoisotopic (exact) mass is 209 g/mol. The molecule has 0 radical (unpaired) electrons. The lowest BCUT2D eigenvalue weighted by molar-refractivity contribution is -0.420. The average Bonchev–Trinajstić information content (AvgIpc) is 2.25. The molecule has 0 aliphatic heterocycles. The Balaban J connectivity index is 0. The van der Waals surface area contributed by atoms with E-state index in [0.29, 0.717) is 6.29 Å². The number of nitro groups is 1. The van der Waals surface area contributed by atoms with Crippen molar-refractivity contribution in [2.75, 3.05) is 0 Å². The topological polar surface area (TPSA) is 60.2 Å². The van der Waals surface area contributed by atoms with Crippen LogP contribution in [-0.4, -0.2) is 11.2 Å². The molecule has 0 atom stereocenters. The lowest BCUT2D eigenvalue weighted by Gasteiger charge is -1.93. The third-order valence-corrected chi connectivity index (χ3v) is 1.19. The van der Waals surface area contributed by atoms with Crippen molar-refractivity contribution >= 4 is 6.29 Å². The standard InChI is InChI=1S/C9H9NO3.C2H6/c1-3-5-8(7-11)9(6-4-2)10(12)13;1-2/h3-7H,1-2H2;1-2H3/b8-5-,9-6+;. The van der Waals surface area contributed by atoms with Crippen LogP contribution in [0.3, 0.4) is 0 Å². The van der Waals surface area contributed by atoms with Crippen molar-refractivity contribution in [3.63, 3.8) is 0 Å². The fourth-order valence-corrected chi connectivity index (χ4v) is 0.686. The lowest BCUT2D eigenvalue weighted by Crippen LogP contribution is -2.02. The molecule has 0 aromatic heterocycles. The van der Waals surface area contributed by atoms with Gasteiger partial charge in [-0.1, -0.05) is 39.2 Å². The molecule has 0 aromatic rings. The Morgan fingerprint density at radius 1 is 1.20 bits per heavy atom. The van der Waals surface area contributed by atoms with Crippen molar-refractivity contribution < 1.29 is 9.72 Å². The van der Waals surface area contributed by atoms with Crippen LogP contribution in [0.4, 0.5) is 0 Å². The molecule has 0 aliphatic rings. The van der Waals surface area contributed by atoms with Gasteiger partial charge >= 0.3 is 0 Å². The normalized spacial score (nSPS) is 10.8. The van der Waals surface area contributed by atoms with Crippen LogP contribution in [-0.2, 0) is 4.79 Å². The van der Waals surface area contributed by atoms with Crippen LogP contribution >= 0.6 is 0 Å². The van der Waals surface area contributed by atoms with E-state index in [9.17, 15) is 14.9 Å². The zero-order valence-electron chi connectivity index (χ0n) is 8.97. The van der Waals surface area contributed by atoms with E-state index in [1.54, 1.807) is 0 Å². The first kappa shape index (κ1) is 15.5. The summed E-state index contributed by atoms with van der Waals surface area (Å²) in [6, 6.07) is 0. The van der Waals surface area contributed by atoms with Crippen molar-refractivity contribution in [1.29, 1.82) is 0 Å². The number of allylic oxidation sites excluding steroid dienone is 5. The molecule has 0 saturated carbocycles. The summed E-state index contributed by atoms with van der Waals surface area (Å²) < 4.78 is 0. The van der Waals surface area contributed by atoms with Crippen LogP contribution in [0.15, 0.2) is 48.7 Å². The van der Waals surface area contributed by atoms with E-state index in [1.807, 2.05) is 13.8 Å². The first-order valence-electron chi connectivity index (χ1n) is 4.42. The van der Waals surface area contributed by atoms with Crippen LogP contribution in [0.5, 0.6) is 0 Å². The number of rotatable bonds is 5. The Morgan fingerprint density at radius 2 is 1.67 bits per heavy atom. The number of aldehydes is 1. The zero-order chi connectivity index (χ0) is 12.3. The van der Waals surface area contributed by atoms with Gasteiger partial charge in [-0.05, 0) is 6.08 Å². The summed E-state index contributed by atoms with van der Waals surface area (Å²) in [5.41, 5.74) is -0.315. The predicted molar refractivity (Wildman–Crippen MR) is 61.0 cm³/mol. The van der Waals surface area contributed by atoms with Crippen molar-refractivity contribution in [1.82, 2.24) is 0 Å². The Kier molecular flexibility index (Phi) is 10.5. The number of hydrogen-bond donors (Lipinski definition) is 0. The molecule has 0 aromatic carbocycles. The molecule has 0 saturated heterocycles. The second kappa shape index (κ2) is 10.1. The minimum Gasteiger partial charge on any atom is -0.298 e. The molecule has 4 heteroatoms. The van der Waals surface area contributed by atoms with Crippen LogP contribution in [0.1, 0.15) is 13.8 Å². The smallest absolute Gasteiger partial charge is 0.279 e. The summed E-state index contributed by atoms with van der Waals surface area (Å²) in [6.45, 7) is 10.6. The highest BCUT2D eigenvalue weighted by Gasteiger charge is 2.14. The molecule has 0 spiro atoms. The van der Waals surface area contributed by atoms with Gasteiger partial charge in [-0.3, -0.25) is 14.9 Å². The minimum atomic E-state index is -0.647. The van der Waals surface area contributed by atoms with Gasteiger partial charge in [0.2, 0.25) is 0 Å². The summed E-state index contributed by atoms with van der Waals surface area (Å²) >= 11 is 0. The molecule has 82 valence electrons. The molecule has 0 N–H and O–H groups in total. The molecular formula is C11H15NO3. The van der Waals surface area contributed by atoms with Gasteiger partial charge in [-0.25, -0.2) is 0 Å². The zero-order valence-corrected chi connectivity index (χ0v) is 8.97. The first-order chi connectivity index (χ1) is 7.17. The molecule has 0 heterocycles. The molecule has 4 nitrogen and oxygen atoms in total. The maximum absolute atomic E-state index is 10.4. The van der Waals surface area contributed by atoms with Crippen LogP contribution in [0.25, 0.3) is 0 Å². The maximum atomic E-state index is 10.4. The highest BCUT2D eigenvalue weighted by molar-refractivity contribution is 5.79. The van der Waals surface area contributed by atoms with E-state index in [4.69, 9.17) is 0 Å². The van der Waals surface area contributed by atoms with E-state index in [1.165, 1.54) is 18.2 Å². The van der Waals surface area contributed by atoms with E-state index in [-0.39, 0.29) is 11.3 Å². The molecular weight excluding hydrogens is 194 g/mol. The Hall–Kier alpha value is -1.97. The van der Waals surface area contributed by atoms with Gasteiger partial charge in [0.15, 0.2) is 6.29 Å². The van der Waals surface area contributed by atoms with E-state index >= 15 is 0 Å². The SMILES string of the molecule is C=C/C=C(C=O)\C(=C/C=C)[N+](=O)[O-].CC. The number of nitrogens with zero attached hydrogens (tertiary/aromatic N) is 1. The molecule has 0 rings (SSSR count). The summed E-state index contributed by atoms with van der Waals surface area (Å²) in [6.07, 6.45) is 5.39. The molecule has 0 aliphatic carbocycles. The van der Waals surface area contributed by atoms with Crippen LogP contribution < -0.4 is 0 Å². The third-order valence-electron chi connectivity index (χ3n) is 1.19. The lowest BCUT2D eigenvalue weighted by atomic mass is 10.2. The van der Waals surface area contributed by atoms with Gasteiger partial charge in [0.25, 0.3) is 5.70 Å². The van der Waals surface area contributed by atoms with Gasteiger partial charge in [-0.2, -0.15) is 0 Å². The van der Waals surface area contributed by atoms with Gasteiger partial charge in [0.05, 0.1) is 10.5 Å². The molecule has 0 amide bonds. The molecule has 15 heavy (non-hydrogen) atoms. The summed E-state index contributed by atoms with van der Waals surface area (Å²) in [7, 11) is 0. The quantitative estimate of drug-likeness (QED) is 0.230. The highest BCUT2D eigenvalue weighted by Crippen LogP contribution is 2.08. The summed E-state index contributed by atoms with van der Waals surface area (Å²) in [4.78, 5) is 20.2. The van der Waals surface area contributed by atoms with Gasteiger partial charge in [0.1, 0.15) is 0 Å². The molecule has 0 unspecified atom stereocenters. The van der Waals surface area contributed by atoms with E-state index < -0.39 is 4.92 Å². The van der Waals surface area contributed by atoms with Gasteiger partial charge < -0.3 is 0 Å². The van der Waals surface area contributed by atoms with E-state index in [2.05, 4.69) is 13.2 Å². The number of carbonyl (C=O) groups is 1. The summed E-state index contributed by atoms with van der Waals surface area (Å²) in [5.74, 6) is 0. The number of carbonyl (C=O) groups excluding carboxylic acids is 1. The van der Waals surface area contributed by atoms with Crippen molar-refractivity contribution in [2.24, 2.45) is 0 Å². The van der Waals surface area contributed by atoms with Crippen LogP contribution in [0.2, 0.25) is 0 Å². The van der Waals surface area contributed by atoms with Gasteiger partial charge in [0, 0.05) is 6.08 Å². The Bertz CT molecular complexity index is 301. The van der Waals surface area contributed by atoms with Crippen molar-refractivity contribution in [3.05, 3.63) is 58.8 Å². The average molecular weight is 209 g/mol. The van der Waals surface area contributed by atoms with E-state index in [0.717, 1.165) is 6.08 Å². The Labute approximate surface area is 89.5 Å². The maximum Gasteiger partial charge on any atom is 0.279 e. The van der Waals surface area contributed by atoms with Gasteiger partial charge in [-0.15, -0.1) is 0 Å². The summed E-state index contributed by atoms with van der Waals surface area (Å²) in [5, 5.41) is 10.4. The second-order valence-electron chi connectivity index (χ2n) is 2.02. The molecule has 0 bridgehead atoms. The minimum absolute atomic E-state index is 0.0279. The number of hydrogen-bond acceptors (Lipinski definition) is 3. The second-order valence-corrected chi connectivity index (χ2v) is 2.02. The fourth-order valence-electron chi connectivity index (χ4n) is 0.686. The Morgan fingerprint density at radius 3 is 1.93 bits per heavy atom.